The fourth-order valence-corrected chi connectivity index (χ4v) is 2.83. The van der Waals surface area contributed by atoms with Crippen LogP contribution < -0.4 is 10.6 Å². The minimum Gasteiger partial charge on any atom is -0.343 e. The average Bonchev–Trinajstić information content (AvgIpc) is 3.16. The minimum absolute atomic E-state index is 0.107. The Kier molecular flexibility index (Phi) is 5.98. The SMILES string of the molecule is Cn1ccnc1C(NC(=O)CNC(=O)c1cccc([N+](=O)[O-])c1)c1ccccc1. The van der Waals surface area contributed by atoms with Gasteiger partial charge in [-0.25, -0.2) is 4.98 Å². The number of carbonyl (C=O) groups is 2. The van der Waals surface area contributed by atoms with Crippen LogP contribution in [0.4, 0.5) is 5.69 Å². The minimum atomic E-state index is -0.583. The van der Waals surface area contributed by atoms with Crippen LogP contribution in [0.3, 0.4) is 0 Å². The average molecular weight is 393 g/mol. The number of non-ortho nitro benzene ring substituents is 1. The maximum absolute atomic E-state index is 12.5. The number of aryl methyl sites for hydroxylation is 1. The summed E-state index contributed by atoms with van der Waals surface area (Å²) in [4.78, 5) is 39.3. The molecule has 0 saturated carbocycles. The first-order chi connectivity index (χ1) is 14.0. The standard InChI is InChI=1S/C20H19N5O4/c1-24-11-10-21-19(24)18(14-6-3-2-4-7-14)23-17(26)13-22-20(27)15-8-5-9-16(12-15)25(28)29/h2-12,18H,13H2,1H3,(H,22,27)(H,23,26). The number of hydrogen-bond donors (Lipinski definition) is 2. The summed E-state index contributed by atoms with van der Waals surface area (Å²) < 4.78 is 1.81. The summed E-state index contributed by atoms with van der Waals surface area (Å²) in [5, 5.41) is 16.2. The predicted molar refractivity (Wildman–Crippen MR) is 105 cm³/mol. The van der Waals surface area contributed by atoms with Crippen LogP contribution in [0, 0.1) is 10.1 Å². The normalized spacial score (nSPS) is 11.5. The molecule has 0 aliphatic rings. The van der Waals surface area contributed by atoms with Gasteiger partial charge in [-0.2, -0.15) is 0 Å². The number of hydrogen-bond acceptors (Lipinski definition) is 5. The summed E-state index contributed by atoms with van der Waals surface area (Å²) in [6, 6.07) is 14.2. The van der Waals surface area contributed by atoms with Crippen LogP contribution in [0.25, 0.3) is 0 Å². The first-order valence-electron chi connectivity index (χ1n) is 8.80. The summed E-state index contributed by atoms with van der Waals surface area (Å²) in [5.74, 6) is -0.340. The number of imidazole rings is 1. The third-order valence-electron chi connectivity index (χ3n) is 4.28. The number of nitro groups is 1. The molecule has 9 heteroatoms. The molecule has 3 aromatic rings. The van der Waals surface area contributed by atoms with E-state index in [1.807, 2.05) is 37.4 Å². The van der Waals surface area contributed by atoms with E-state index in [9.17, 15) is 19.7 Å². The second-order valence-electron chi connectivity index (χ2n) is 6.30. The van der Waals surface area contributed by atoms with Gasteiger partial charge in [0, 0.05) is 37.1 Å². The molecule has 2 N–H and O–H groups in total. The molecule has 0 spiro atoms. The number of rotatable bonds is 7. The van der Waals surface area contributed by atoms with Crippen molar-refractivity contribution < 1.29 is 14.5 Å². The molecule has 148 valence electrons. The highest BCUT2D eigenvalue weighted by Gasteiger charge is 2.21. The highest BCUT2D eigenvalue weighted by atomic mass is 16.6. The largest absolute Gasteiger partial charge is 0.343 e. The van der Waals surface area contributed by atoms with Gasteiger partial charge >= 0.3 is 0 Å². The molecule has 9 nitrogen and oxygen atoms in total. The topological polar surface area (TPSA) is 119 Å². The molecule has 1 aromatic heterocycles. The molecule has 0 saturated heterocycles. The Morgan fingerprint density at radius 3 is 2.59 bits per heavy atom. The molecule has 3 rings (SSSR count). The van der Waals surface area contributed by atoms with Crippen molar-refractivity contribution in [1.29, 1.82) is 0 Å². The maximum atomic E-state index is 12.5. The van der Waals surface area contributed by atoms with Crippen molar-refractivity contribution in [3.8, 4) is 0 Å². The summed E-state index contributed by atoms with van der Waals surface area (Å²) in [5.41, 5.74) is 0.761. The molecule has 0 radical (unpaired) electrons. The summed E-state index contributed by atoms with van der Waals surface area (Å²) in [7, 11) is 1.83. The van der Waals surface area contributed by atoms with Crippen molar-refractivity contribution in [1.82, 2.24) is 20.2 Å². The van der Waals surface area contributed by atoms with E-state index in [1.54, 1.807) is 17.0 Å². The van der Waals surface area contributed by atoms with Gasteiger partial charge in [-0.1, -0.05) is 36.4 Å². The molecule has 0 aliphatic heterocycles. The molecule has 2 amide bonds. The first kappa shape index (κ1) is 19.7. The summed E-state index contributed by atoms with van der Waals surface area (Å²) in [6.45, 7) is -0.282. The number of amides is 2. The zero-order valence-electron chi connectivity index (χ0n) is 15.6. The third kappa shape index (κ3) is 4.83. The second kappa shape index (κ2) is 8.79. The van der Waals surface area contributed by atoms with Gasteiger partial charge in [-0.3, -0.25) is 19.7 Å². The van der Waals surface area contributed by atoms with Crippen molar-refractivity contribution in [2.75, 3.05) is 6.54 Å². The molecule has 0 bridgehead atoms. The Labute approximate surface area is 166 Å². The molecule has 1 unspecified atom stereocenters. The Morgan fingerprint density at radius 1 is 1.17 bits per heavy atom. The lowest BCUT2D eigenvalue weighted by molar-refractivity contribution is -0.384. The van der Waals surface area contributed by atoms with Crippen molar-refractivity contribution in [2.45, 2.75) is 6.04 Å². The van der Waals surface area contributed by atoms with Crippen molar-refractivity contribution in [3.05, 3.63) is 94.1 Å². The van der Waals surface area contributed by atoms with Crippen LogP contribution >= 0.6 is 0 Å². The van der Waals surface area contributed by atoms with Crippen molar-refractivity contribution in [2.24, 2.45) is 7.05 Å². The Bertz CT molecular complexity index is 1030. The number of carbonyl (C=O) groups excluding carboxylic acids is 2. The number of aromatic nitrogens is 2. The van der Waals surface area contributed by atoms with Crippen molar-refractivity contribution >= 4 is 17.5 Å². The van der Waals surface area contributed by atoms with Gasteiger partial charge in [0.2, 0.25) is 5.91 Å². The summed E-state index contributed by atoms with van der Waals surface area (Å²) >= 11 is 0. The number of nitrogens with zero attached hydrogens (tertiary/aromatic N) is 3. The van der Waals surface area contributed by atoms with Gasteiger partial charge in [-0.05, 0) is 11.6 Å². The van der Waals surface area contributed by atoms with Crippen LogP contribution in [-0.4, -0.2) is 32.8 Å². The van der Waals surface area contributed by atoms with E-state index in [4.69, 9.17) is 0 Å². The van der Waals surface area contributed by atoms with E-state index in [2.05, 4.69) is 15.6 Å². The lowest BCUT2D eigenvalue weighted by Gasteiger charge is -2.19. The maximum Gasteiger partial charge on any atom is 0.270 e. The van der Waals surface area contributed by atoms with Crippen LogP contribution in [0.15, 0.2) is 67.0 Å². The molecule has 1 atom stereocenters. The van der Waals surface area contributed by atoms with Crippen molar-refractivity contribution in [3.63, 3.8) is 0 Å². The number of benzene rings is 2. The van der Waals surface area contributed by atoms with Gasteiger partial charge in [0.25, 0.3) is 11.6 Å². The first-order valence-corrected chi connectivity index (χ1v) is 8.80. The molecular formula is C20H19N5O4. The molecule has 1 heterocycles. The van der Waals surface area contributed by atoms with Gasteiger partial charge in [0.15, 0.2) is 0 Å². The van der Waals surface area contributed by atoms with E-state index >= 15 is 0 Å². The number of nitro benzene ring substituents is 1. The monoisotopic (exact) mass is 393 g/mol. The highest BCUT2D eigenvalue weighted by Crippen LogP contribution is 2.20. The second-order valence-corrected chi connectivity index (χ2v) is 6.30. The van der Waals surface area contributed by atoms with E-state index in [1.165, 1.54) is 18.2 Å². The van der Waals surface area contributed by atoms with Crippen LogP contribution in [-0.2, 0) is 11.8 Å². The highest BCUT2D eigenvalue weighted by molar-refractivity contribution is 5.97. The lowest BCUT2D eigenvalue weighted by atomic mass is 10.1. The van der Waals surface area contributed by atoms with Crippen LogP contribution in [0.1, 0.15) is 27.8 Å². The fraction of sp³-hybridized carbons (Fsp3) is 0.150. The Morgan fingerprint density at radius 2 is 1.93 bits per heavy atom. The molecule has 0 fully saturated rings. The predicted octanol–water partition coefficient (Wildman–Crippen LogP) is 1.96. The number of nitrogens with one attached hydrogen (secondary N) is 2. The van der Waals surface area contributed by atoms with E-state index in [0.717, 1.165) is 11.6 Å². The molecule has 29 heavy (non-hydrogen) atoms. The smallest absolute Gasteiger partial charge is 0.270 e. The Balaban J connectivity index is 1.68. The van der Waals surface area contributed by atoms with Gasteiger partial charge < -0.3 is 15.2 Å². The quantitative estimate of drug-likeness (QED) is 0.470. The summed E-state index contributed by atoms with van der Waals surface area (Å²) in [6.07, 6.45) is 3.42. The van der Waals surface area contributed by atoms with Gasteiger partial charge in [0.1, 0.15) is 11.9 Å². The van der Waals surface area contributed by atoms with Crippen LogP contribution in [0.5, 0.6) is 0 Å². The third-order valence-corrected chi connectivity index (χ3v) is 4.28. The van der Waals surface area contributed by atoms with E-state index in [-0.39, 0.29) is 17.8 Å². The van der Waals surface area contributed by atoms with Gasteiger partial charge in [0.05, 0.1) is 11.5 Å². The zero-order valence-corrected chi connectivity index (χ0v) is 15.6. The molecule has 0 aliphatic carbocycles. The zero-order chi connectivity index (χ0) is 20.8. The fourth-order valence-electron chi connectivity index (χ4n) is 2.83. The molecular weight excluding hydrogens is 374 g/mol. The van der Waals surface area contributed by atoms with Crippen LogP contribution in [0.2, 0.25) is 0 Å². The molecule has 2 aromatic carbocycles. The Hall–Kier alpha value is -4.01. The van der Waals surface area contributed by atoms with E-state index < -0.39 is 22.8 Å². The van der Waals surface area contributed by atoms with E-state index in [0.29, 0.717) is 5.82 Å². The van der Waals surface area contributed by atoms with Gasteiger partial charge in [-0.15, -0.1) is 0 Å². The lowest BCUT2D eigenvalue weighted by Crippen LogP contribution is -2.39.